The molecule has 1 fully saturated rings. The Morgan fingerprint density at radius 2 is 2.28 bits per heavy atom. The first-order chi connectivity index (χ1) is 8.57. The number of rotatable bonds is 6. The number of anilines is 1. The largest absolute Gasteiger partial charge is 0.407 e. The molecule has 1 aliphatic rings. The van der Waals surface area contributed by atoms with Crippen molar-refractivity contribution in [1.82, 2.24) is 15.5 Å². The van der Waals surface area contributed by atoms with Gasteiger partial charge in [0, 0.05) is 17.3 Å². The molecular weight excluding hydrogens is 248 g/mol. The van der Waals surface area contributed by atoms with Crippen molar-refractivity contribution in [3.63, 3.8) is 0 Å². The third kappa shape index (κ3) is 3.88. The zero-order chi connectivity index (χ0) is 13.0. The zero-order valence-electron chi connectivity index (χ0n) is 11.3. The van der Waals surface area contributed by atoms with E-state index in [1.54, 1.807) is 0 Å². The molecule has 0 saturated carbocycles. The Hall–Kier alpha value is -0.750. The van der Waals surface area contributed by atoms with Crippen LogP contribution in [0.3, 0.4) is 0 Å². The molecule has 18 heavy (non-hydrogen) atoms. The Morgan fingerprint density at radius 1 is 1.44 bits per heavy atom. The van der Waals surface area contributed by atoms with Gasteiger partial charge in [0.1, 0.15) is 0 Å². The van der Waals surface area contributed by atoms with E-state index in [0.717, 1.165) is 6.54 Å². The first kappa shape index (κ1) is 13.7. The highest BCUT2D eigenvalue weighted by Gasteiger charge is 2.29. The van der Waals surface area contributed by atoms with Gasteiger partial charge in [-0.15, -0.1) is 5.10 Å². The smallest absolute Gasteiger partial charge is 0.315 e. The van der Waals surface area contributed by atoms with Crippen LogP contribution in [0.5, 0.6) is 0 Å². The molecule has 1 aromatic heterocycles. The Kier molecular flexibility index (Phi) is 4.50. The lowest BCUT2D eigenvalue weighted by atomic mass is 10.1. The lowest BCUT2D eigenvalue weighted by molar-refractivity contribution is 0.456. The summed E-state index contributed by atoms with van der Waals surface area (Å²) < 4.78 is 5.84. The van der Waals surface area contributed by atoms with Gasteiger partial charge in [0.2, 0.25) is 5.89 Å². The maximum atomic E-state index is 5.53. The van der Waals surface area contributed by atoms with Gasteiger partial charge in [-0.1, -0.05) is 18.9 Å². The van der Waals surface area contributed by atoms with Gasteiger partial charge < -0.3 is 15.1 Å². The lowest BCUT2D eigenvalue weighted by Gasteiger charge is -2.21. The second-order valence-corrected chi connectivity index (χ2v) is 6.97. The SMILES string of the molecule is CC(C)NCc1nnc(NCC2(C)CCCS2)o1. The van der Waals surface area contributed by atoms with Gasteiger partial charge >= 0.3 is 6.01 Å². The van der Waals surface area contributed by atoms with E-state index in [1.165, 1.54) is 18.6 Å². The minimum atomic E-state index is 0.310. The predicted molar refractivity (Wildman–Crippen MR) is 74.9 cm³/mol. The maximum Gasteiger partial charge on any atom is 0.315 e. The van der Waals surface area contributed by atoms with Gasteiger partial charge in [-0.05, 0) is 25.5 Å². The molecule has 2 N–H and O–H groups in total. The molecule has 2 rings (SSSR count). The molecule has 1 unspecified atom stereocenters. The number of nitrogens with one attached hydrogen (secondary N) is 2. The van der Waals surface area contributed by atoms with Crippen LogP contribution in [0.4, 0.5) is 6.01 Å². The van der Waals surface area contributed by atoms with Crippen LogP contribution < -0.4 is 10.6 Å². The molecule has 1 saturated heterocycles. The quantitative estimate of drug-likeness (QED) is 0.827. The Bertz CT molecular complexity index is 374. The normalized spacial score (nSPS) is 23.8. The average molecular weight is 270 g/mol. The summed E-state index contributed by atoms with van der Waals surface area (Å²) in [5.74, 6) is 1.89. The van der Waals surface area contributed by atoms with Gasteiger partial charge in [0.15, 0.2) is 0 Å². The highest BCUT2D eigenvalue weighted by Crippen LogP contribution is 2.37. The molecule has 5 nitrogen and oxygen atoms in total. The molecule has 0 amide bonds. The molecule has 6 heteroatoms. The summed E-state index contributed by atoms with van der Waals surface area (Å²) in [4.78, 5) is 0. The van der Waals surface area contributed by atoms with Crippen molar-refractivity contribution >= 4 is 17.8 Å². The van der Waals surface area contributed by atoms with Crippen molar-refractivity contribution in [2.75, 3.05) is 17.6 Å². The van der Waals surface area contributed by atoms with E-state index >= 15 is 0 Å². The summed E-state index contributed by atoms with van der Waals surface area (Å²) in [6, 6.07) is 0.950. The highest BCUT2D eigenvalue weighted by atomic mass is 32.2. The molecule has 0 bridgehead atoms. The van der Waals surface area contributed by atoms with Crippen LogP contribution in [0, 0.1) is 0 Å². The maximum absolute atomic E-state index is 5.53. The Labute approximate surface area is 112 Å². The highest BCUT2D eigenvalue weighted by molar-refractivity contribution is 8.00. The topological polar surface area (TPSA) is 63.0 Å². The minimum absolute atomic E-state index is 0.310. The first-order valence-corrected chi connectivity index (χ1v) is 7.50. The summed E-state index contributed by atoms with van der Waals surface area (Å²) >= 11 is 2.02. The first-order valence-electron chi connectivity index (χ1n) is 6.51. The Morgan fingerprint density at radius 3 is 2.94 bits per heavy atom. The van der Waals surface area contributed by atoms with E-state index in [-0.39, 0.29) is 0 Å². The van der Waals surface area contributed by atoms with Crippen molar-refractivity contribution in [2.45, 2.75) is 50.9 Å². The number of hydrogen-bond donors (Lipinski definition) is 2. The molecule has 0 aliphatic carbocycles. The van der Waals surface area contributed by atoms with E-state index in [1.807, 2.05) is 11.8 Å². The van der Waals surface area contributed by atoms with Crippen LogP contribution in [0.2, 0.25) is 0 Å². The standard InChI is InChI=1S/C12H22N4OS/c1-9(2)13-7-10-15-16-11(17-10)14-8-12(3)5-4-6-18-12/h9,13H,4-8H2,1-3H3,(H,14,16). The summed E-state index contributed by atoms with van der Waals surface area (Å²) in [5, 5.41) is 14.5. The predicted octanol–water partition coefficient (Wildman–Crippen LogP) is 2.27. The van der Waals surface area contributed by atoms with E-state index in [0.29, 0.717) is 29.2 Å². The van der Waals surface area contributed by atoms with Crippen LogP contribution >= 0.6 is 11.8 Å². The molecular formula is C12H22N4OS. The fourth-order valence-corrected chi connectivity index (χ4v) is 3.17. The van der Waals surface area contributed by atoms with Crippen LogP contribution in [0.15, 0.2) is 4.42 Å². The average Bonchev–Trinajstić information content (AvgIpc) is 2.93. The van der Waals surface area contributed by atoms with Gasteiger partial charge in [0.25, 0.3) is 0 Å². The van der Waals surface area contributed by atoms with Gasteiger partial charge in [-0.2, -0.15) is 11.8 Å². The van der Waals surface area contributed by atoms with E-state index < -0.39 is 0 Å². The monoisotopic (exact) mass is 270 g/mol. The molecule has 0 spiro atoms. The van der Waals surface area contributed by atoms with Crippen molar-refractivity contribution < 1.29 is 4.42 Å². The van der Waals surface area contributed by atoms with Crippen LogP contribution in [-0.2, 0) is 6.54 Å². The molecule has 2 heterocycles. The van der Waals surface area contributed by atoms with Crippen molar-refractivity contribution in [3.8, 4) is 0 Å². The molecule has 0 radical (unpaired) electrons. The van der Waals surface area contributed by atoms with E-state index in [9.17, 15) is 0 Å². The number of thioether (sulfide) groups is 1. The fraction of sp³-hybridized carbons (Fsp3) is 0.833. The van der Waals surface area contributed by atoms with Crippen molar-refractivity contribution in [1.29, 1.82) is 0 Å². The molecule has 102 valence electrons. The summed E-state index contributed by atoms with van der Waals surface area (Å²) in [6.45, 7) is 7.98. The third-order valence-corrected chi connectivity index (χ3v) is 4.58. The molecule has 1 atom stereocenters. The number of hydrogen-bond acceptors (Lipinski definition) is 6. The minimum Gasteiger partial charge on any atom is -0.407 e. The molecule has 1 aromatic rings. The van der Waals surface area contributed by atoms with E-state index in [2.05, 4.69) is 41.6 Å². The van der Waals surface area contributed by atoms with Gasteiger partial charge in [0.05, 0.1) is 6.54 Å². The van der Waals surface area contributed by atoms with Crippen LogP contribution in [0.25, 0.3) is 0 Å². The van der Waals surface area contributed by atoms with Crippen molar-refractivity contribution in [2.24, 2.45) is 0 Å². The number of aromatic nitrogens is 2. The summed E-state index contributed by atoms with van der Waals surface area (Å²) in [6.07, 6.45) is 2.55. The van der Waals surface area contributed by atoms with Gasteiger partial charge in [-0.25, -0.2) is 0 Å². The third-order valence-electron chi connectivity index (χ3n) is 3.04. The van der Waals surface area contributed by atoms with Crippen LogP contribution in [-0.4, -0.2) is 33.3 Å². The van der Waals surface area contributed by atoms with Crippen LogP contribution in [0.1, 0.15) is 39.5 Å². The lowest BCUT2D eigenvalue weighted by Crippen LogP contribution is -2.27. The number of nitrogens with zero attached hydrogens (tertiary/aromatic N) is 2. The van der Waals surface area contributed by atoms with Gasteiger partial charge in [-0.3, -0.25) is 0 Å². The van der Waals surface area contributed by atoms with Crippen molar-refractivity contribution in [3.05, 3.63) is 5.89 Å². The molecule has 0 aromatic carbocycles. The second kappa shape index (κ2) is 5.93. The summed E-state index contributed by atoms with van der Waals surface area (Å²) in [7, 11) is 0. The van der Waals surface area contributed by atoms with E-state index in [4.69, 9.17) is 4.42 Å². The molecule has 1 aliphatic heterocycles. The second-order valence-electron chi connectivity index (χ2n) is 5.29. The summed E-state index contributed by atoms with van der Waals surface area (Å²) in [5.41, 5.74) is 0. The fourth-order valence-electron chi connectivity index (χ4n) is 1.93. The Balaban J connectivity index is 1.79. The zero-order valence-corrected chi connectivity index (χ0v) is 12.1.